The minimum absolute atomic E-state index is 0.209. The SMILES string of the molecule is Cc1ccc(C(=O)Nc2ccc(F)c(F)c2)cc1Br. The molecule has 0 unspecified atom stereocenters. The third-order valence-electron chi connectivity index (χ3n) is 2.61. The highest BCUT2D eigenvalue weighted by atomic mass is 79.9. The van der Waals surface area contributed by atoms with Gasteiger partial charge in [-0.25, -0.2) is 8.78 Å². The Balaban J connectivity index is 2.20. The van der Waals surface area contributed by atoms with Gasteiger partial charge >= 0.3 is 0 Å². The van der Waals surface area contributed by atoms with Gasteiger partial charge in [-0.05, 0) is 36.8 Å². The van der Waals surface area contributed by atoms with Crippen LogP contribution in [0.4, 0.5) is 14.5 Å². The minimum atomic E-state index is -0.997. The van der Waals surface area contributed by atoms with Crippen LogP contribution in [0.1, 0.15) is 15.9 Å². The molecule has 2 rings (SSSR count). The number of benzene rings is 2. The van der Waals surface area contributed by atoms with Crippen LogP contribution in [0.15, 0.2) is 40.9 Å². The molecule has 5 heteroatoms. The van der Waals surface area contributed by atoms with Crippen LogP contribution in [0.2, 0.25) is 0 Å². The molecular formula is C14H10BrF2NO. The fourth-order valence-corrected chi connectivity index (χ4v) is 1.89. The van der Waals surface area contributed by atoms with Crippen LogP contribution in [0.3, 0.4) is 0 Å². The number of nitrogens with one attached hydrogen (secondary N) is 1. The Hall–Kier alpha value is -1.75. The lowest BCUT2D eigenvalue weighted by atomic mass is 10.1. The molecule has 2 aromatic rings. The lowest BCUT2D eigenvalue weighted by Gasteiger charge is -2.07. The number of carbonyl (C=O) groups is 1. The third kappa shape index (κ3) is 3.17. The van der Waals surface area contributed by atoms with E-state index >= 15 is 0 Å². The van der Waals surface area contributed by atoms with Gasteiger partial charge in [0.25, 0.3) is 5.91 Å². The summed E-state index contributed by atoms with van der Waals surface area (Å²) < 4.78 is 26.6. The van der Waals surface area contributed by atoms with Crippen molar-refractivity contribution < 1.29 is 13.6 Å². The van der Waals surface area contributed by atoms with Gasteiger partial charge in [-0.1, -0.05) is 22.0 Å². The van der Waals surface area contributed by atoms with Gasteiger partial charge in [0, 0.05) is 21.8 Å². The normalized spacial score (nSPS) is 10.3. The number of aryl methyl sites for hydroxylation is 1. The van der Waals surface area contributed by atoms with Gasteiger partial charge in [0.2, 0.25) is 0 Å². The maximum Gasteiger partial charge on any atom is 0.255 e. The molecule has 0 saturated carbocycles. The van der Waals surface area contributed by atoms with Crippen LogP contribution in [0.25, 0.3) is 0 Å². The molecule has 1 amide bonds. The van der Waals surface area contributed by atoms with Crippen molar-refractivity contribution >= 4 is 27.5 Å². The van der Waals surface area contributed by atoms with Crippen molar-refractivity contribution in [3.05, 3.63) is 63.6 Å². The van der Waals surface area contributed by atoms with Gasteiger partial charge < -0.3 is 5.32 Å². The van der Waals surface area contributed by atoms with Crippen molar-refractivity contribution in [3.8, 4) is 0 Å². The number of amides is 1. The molecule has 0 saturated heterocycles. The smallest absolute Gasteiger partial charge is 0.255 e. The number of rotatable bonds is 2. The van der Waals surface area contributed by atoms with Crippen LogP contribution in [0.5, 0.6) is 0 Å². The molecule has 98 valence electrons. The monoisotopic (exact) mass is 325 g/mol. The molecule has 0 aliphatic heterocycles. The van der Waals surface area contributed by atoms with E-state index in [1.54, 1.807) is 18.2 Å². The molecule has 0 spiro atoms. The fourth-order valence-electron chi connectivity index (χ4n) is 1.51. The second-order valence-corrected chi connectivity index (χ2v) is 4.90. The average molecular weight is 326 g/mol. The van der Waals surface area contributed by atoms with Gasteiger partial charge in [0.15, 0.2) is 11.6 Å². The number of anilines is 1. The summed E-state index contributed by atoms with van der Waals surface area (Å²) in [6, 6.07) is 8.34. The Kier molecular flexibility index (Phi) is 3.95. The Morgan fingerprint density at radius 2 is 1.84 bits per heavy atom. The lowest BCUT2D eigenvalue weighted by molar-refractivity contribution is 0.102. The van der Waals surface area contributed by atoms with Crippen LogP contribution in [-0.2, 0) is 0 Å². The Bertz CT molecular complexity index is 643. The molecule has 0 radical (unpaired) electrons. The van der Waals surface area contributed by atoms with Crippen molar-refractivity contribution in [2.75, 3.05) is 5.32 Å². The van der Waals surface area contributed by atoms with E-state index in [9.17, 15) is 13.6 Å². The highest BCUT2D eigenvalue weighted by Gasteiger charge is 2.09. The van der Waals surface area contributed by atoms with E-state index in [0.717, 1.165) is 22.2 Å². The first-order valence-corrected chi connectivity index (χ1v) is 6.29. The van der Waals surface area contributed by atoms with Crippen LogP contribution >= 0.6 is 15.9 Å². The van der Waals surface area contributed by atoms with Crippen molar-refractivity contribution in [2.24, 2.45) is 0 Å². The molecule has 0 aliphatic rings. The van der Waals surface area contributed by atoms with Crippen molar-refractivity contribution in [1.82, 2.24) is 0 Å². The second kappa shape index (κ2) is 5.48. The molecule has 2 nitrogen and oxygen atoms in total. The van der Waals surface area contributed by atoms with E-state index in [0.29, 0.717) is 5.56 Å². The topological polar surface area (TPSA) is 29.1 Å². The molecule has 19 heavy (non-hydrogen) atoms. The molecule has 0 heterocycles. The summed E-state index contributed by atoms with van der Waals surface area (Å²) in [6.07, 6.45) is 0. The molecule has 2 aromatic carbocycles. The van der Waals surface area contributed by atoms with Crippen LogP contribution in [0, 0.1) is 18.6 Å². The molecule has 1 N–H and O–H groups in total. The Morgan fingerprint density at radius 1 is 1.11 bits per heavy atom. The zero-order valence-corrected chi connectivity index (χ0v) is 11.6. The highest BCUT2D eigenvalue weighted by Crippen LogP contribution is 2.19. The molecule has 0 bridgehead atoms. The maximum atomic E-state index is 13.0. The van der Waals surface area contributed by atoms with Crippen molar-refractivity contribution in [3.63, 3.8) is 0 Å². The fraction of sp³-hybridized carbons (Fsp3) is 0.0714. The zero-order chi connectivity index (χ0) is 14.0. The predicted octanol–water partition coefficient (Wildman–Crippen LogP) is 4.29. The van der Waals surface area contributed by atoms with E-state index in [4.69, 9.17) is 0 Å². The van der Waals surface area contributed by atoms with E-state index < -0.39 is 11.6 Å². The average Bonchev–Trinajstić information content (AvgIpc) is 2.37. The van der Waals surface area contributed by atoms with E-state index in [1.807, 2.05) is 6.92 Å². The number of hydrogen-bond donors (Lipinski definition) is 1. The highest BCUT2D eigenvalue weighted by molar-refractivity contribution is 9.10. The summed E-state index contributed by atoms with van der Waals surface area (Å²) in [7, 11) is 0. The predicted molar refractivity (Wildman–Crippen MR) is 73.2 cm³/mol. The molecular weight excluding hydrogens is 316 g/mol. The maximum absolute atomic E-state index is 13.0. The van der Waals surface area contributed by atoms with Gasteiger partial charge in [-0.2, -0.15) is 0 Å². The number of hydrogen-bond acceptors (Lipinski definition) is 1. The number of halogens is 3. The molecule has 0 aliphatic carbocycles. The van der Waals surface area contributed by atoms with E-state index in [2.05, 4.69) is 21.2 Å². The minimum Gasteiger partial charge on any atom is -0.322 e. The van der Waals surface area contributed by atoms with Gasteiger partial charge in [-0.15, -0.1) is 0 Å². The first kappa shape index (κ1) is 13.7. The third-order valence-corrected chi connectivity index (χ3v) is 3.47. The first-order chi connectivity index (χ1) is 8.97. The standard InChI is InChI=1S/C14H10BrF2NO/c1-8-2-3-9(6-11(8)15)14(19)18-10-4-5-12(16)13(17)7-10/h2-7H,1H3,(H,18,19). The largest absolute Gasteiger partial charge is 0.322 e. The lowest BCUT2D eigenvalue weighted by Crippen LogP contribution is -2.12. The first-order valence-electron chi connectivity index (χ1n) is 5.50. The van der Waals surface area contributed by atoms with Crippen molar-refractivity contribution in [2.45, 2.75) is 6.92 Å². The number of carbonyl (C=O) groups excluding carboxylic acids is 1. The van der Waals surface area contributed by atoms with Crippen LogP contribution in [-0.4, -0.2) is 5.91 Å². The summed E-state index contributed by atoms with van der Waals surface area (Å²) in [6.45, 7) is 1.90. The molecule has 0 fully saturated rings. The summed E-state index contributed by atoms with van der Waals surface area (Å²) >= 11 is 3.33. The van der Waals surface area contributed by atoms with Gasteiger partial charge in [0.1, 0.15) is 0 Å². The van der Waals surface area contributed by atoms with Crippen molar-refractivity contribution in [1.29, 1.82) is 0 Å². The molecule has 0 aromatic heterocycles. The summed E-state index contributed by atoms with van der Waals surface area (Å²) in [5, 5.41) is 2.51. The zero-order valence-electron chi connectivity index (χ0n) is 10.0. The van der Waals surface area contributed by atoms with Gasteiger partial charge in [0.05, 0.1) is 0 Å². The second-order valence-electron chi connectivity index (χ2n) is 4.05. The van der Waals surface area contributed by atoms with E-state index in [-0.39, 0.29) is 11.6 Å². The quantitative estimate of drug-likeness (QED) is 0.876. The summed E-state index contributed by atoms with van der Waals surface area (Å²) in [5.41, 5.74) is 1.65. The Morgan fingerprint density at radius 3 is 2.47 bits per heavy atom. The van der Waals surface area contributed by atoms with Gasteiger partial charge in [-0.3, -0.25) is 4.79 Å². The van der Waals surface area contributed by atoms with E-state index in [1.165, 1.54) is 6.07 Å². The summed E-state index contributed by atoms with van der Waals surface area (Å²) in [4.78, 5) is 11.9. The molecule has 0 atom stereocenters. The van der Waals surface area contributed by atoms with Crippen LogP contribution < -0.4 is 5.32 Å². The summed E-state index contributed by atoms with van der Waals surface area (Å²) in [5.74, 6) is -2.33. The Labute approximate surface area is 117 Å².